The van der Waals surface area contributed by atoms with E-state index in [2.05, 4.69) is 88.3 Å². The van der Waals surface area contributed by atoms with Crippen molar-refractivity contribution >= 4 is 28.0 Å². The smallest absolute Gasteiger partial charge is 0.309 e. The molecule has 0 heterocycles. The van der Waals surface area contributed by atoms with Crippen molar-refractivity contribution < 1.29 is 15.0 Å². The molecule has 3 nitrogen and oxygen atoms in total. The van der Waals surface area contributed by atoms with Crippen LogP contribution in [0, 0.1) is 56.7 Å². The molecule has 2 N–H and O–H groups in total. The van der Waals surface area contributed by atoms with Crippen molar-refractivity contribution in [1.29, 1.82) is 0 Å². The molecule has 4 heteroatoms. The first kappa shape index (κ1) is 29.7. The maximum Gasteiger partial charge on any atom is 0.309 e. The second-order valence-corrected chi connectivity index (χ2v) is 17.1. The van der Waals surface area contributed by atoms with Crippen LogP contribution < -0.4 is 0 Å². The van der Waals surface area contributed by atoms with E-state index >= 15 is 0 Å². The third kappa shape index (κ3) is 3.87. The van der Waals surface area contributed by atoms with E-state index in [1.807, 2.05) is 6.07 Å². The van der Waals surface area contributed by atoms with Gasteiger partial charge in [0.15, 0.2) is 0 Å². The number of hydrogen-bond acceptors (Lipinski definition) is 2. The number of carbonyl (C=O) groups is 1. The van der Waals surface area contributed by atoms with Crippen molar-refractivity contribution in [3.63, 3.8) is 0 Å². The molecule has 0 radical (unpaired) electrons. The Morgan fingerprint density at radius 1 is 0.951 bits per heavy atom. The predicted molar refractivity (Wildman–Crippen MR) is 170 cm³/mol. The van der Waals surface area contributed by atoms with Crippen molar-refractivity contribution in [1.82, 2.24) is 0 Å². The van der Waals surface area contributed by atoms with E-state index in [0.717, 1.165) is 61.4 Å². The van der Waals surface area contributed by atoms with Gasteiger partial charge in [-0.05, 0) is 133 Å². The summed E-state index contributed by atoms with van der Waals surface area (Å²) in [6, 6.07) is 8.34. The minimum atomic E-state index is -0.575. The molecule has 0 unspecified atom stereocenters. The zero-order valence-electron chi connectivity index (χ0n) is 26.1. The molecule has 0 spiro atoms. The van der Waals surface area contributed by atoms with Crippen LogP contribution in [0.1, 0.15) is 105 Å². The zero-order valence-corrected chi connectivity index (χ0v) is 27.7. The van der Waals surface area contributed by atoms with Crippen LogP contribution in [0.15, 0.2) is 46.5 Å². The van der Waals surface area contributed by atoms with Gasteiger partial charge >= 0.3 is 5.97 Å². The predicted octanol–water partition coefficient (Wildman–Crippen LogP) is 9.55. The molecule has 0 saturated heterocycles. The summed E-state index contributed by atoms with van der Waals surface area (Å²) in [5, 5.41) is 22.5. The van der Waals surface area contributed by atoms with Crippen LogP contribution in [0.2, 0.25) is 0 Å². The summed E-state index contributed by atoms with van der Waals surface area (Å²) >= 11 is 3.74. The van der Waals surface area contributed by atoms with Crippen molar-refractivity contribution in [2.75, 3.05) is 0 Å². The number of carboxylic acid groups (broad SMARTS) is 1. The molecule has 0 amide bonds. The Morgan fingerprint density at radius 2 is 1.66 bits per heavy atom. The molecular weight excluding hydrogens is 572 g/mol. The summed E-state index contributed by atoms with van der Waals surface area (Å²) in [5.41, 5.74) is 3.05. The fourth-order valence-electron chi connectivity index (χ4n) is 12.5. The minimum Gasteiger partial charge on any atom is -0.481 e. The van der Waals surface area contributed by atoms with Crippen LogP contribution in [0.4, 0.5) is 0 Å². The average Bonchev–Trinajstić information content (AvgIpc) is 3.30. The van der Waals surface area contributed by atoms with Crippen molar-refractivity contribution in [2.24, 2.45) is 56.7 Å². The van der Waals surface area contributed by atoms with Gasteiger partial charge in [-0.1, -0.05) is 87.0 Å². The number of aliphatic hydroxyl groups excluding tert-OH is 1. The number of aliphatic carboxylic acids is 1. The number of halogens is 1. The fourth-order valence-corrected chi connectivity index (χ4v) is 12.9. The van der Waals surface area contributed by atoms with Crippen LogP contribution in [-0.4, -0.2) is 22.3 Å². The van der Waals surface area contributed by atoms with Crippen LogP contribution in [-0.2, 0) is 4.79 Å². The van der Waals surface area contributed by atoms with Gasteiger partial charge in [0, 0.05) is 4.47 Å². The quantitative estimate of drug-likeness (QED) is 0.330. The lowest BCUT2D eigenvalue weighted by molar-refractivity contribution is -0.240. The van der Waals surface area contributed by atoms with Gasteiger partial charge in [0.25, 0.3) is 0 Å². The maximum atomic E-state index is 13.0. The largest absolute Gasteiger partial charge is 0.481 e. The number of hydrogen-bond donors (Lipinski definition) is 2. The Labute approximate surface area is 256 Å². The van der Waals surface area contributed by atoms with Crippen molar-refractivity contribution in [3.05, 3.63) is 52.0 Å². The summed E-state index contributed by atoms with van der Waals surface area (Å²) in [5.74, 6) is 1.40. The molecule has 0 aliphatic heterocycles. The van der Waals surface area contributed by atoms with Crippen molar-refractivity contribution in [3.8, 4) is 0 Å². The van der Waals surface area contributed by atoms with E-state index in [9.17, 15) is 15.0 Å². The highest BCUT2D eigenvalue weighted by Gasteiger charge is 2.72. The van der Waals surface area contributed by atoms with Crippen LogP contribution >= 0.6 is 15.9 Å². The first-order chi connectivity index (χ1) is 19.1. The highest BCUT2D eigenvalue weighted by atomic mass is 79.9. The molecule has 10 atom stereocenters. The number of aliphatic hydroxyl groups is 1. The normalized spacial score (nSPS) is 47.6. The van der Waals surface area contributed by atoms with Gasteiger partial charge in [-0.2, -0.15) is 0 Å². The average molecular weight is 624 g/mol. The van der Waals surface area contributed by atoms with E-state index in [1.54, 1.807) is 0 Å². The Balaban J connectivity index is 1.42. The first-order valence-electron chi connectivity index (χ1n) is 16.2. The molecule has 41 heavy (non-hydrogen) atoms. The zero-order chi connectivity index (χ0) is 29.8. The van der Waals surface area contributed by atoms with Gasteiger partial charge in [-0.25, -0.2) is 0 Å². The number of benzene rings is 1. The molecule has 1 aromatic rings. The molecule has 5 saturated carbocycles. The first-order valence-corrected chi connectivity index (χ1v) is 16.9. The van der Waals surface area contributed by atoms with Gasteiger partial charge in [0.05, 0.1) is 11.5 Å². The standard InChI is InChI=1S/C37H51BrO3/c1-22(2)25-14-17-37(32(40)41)19-18-35(6)26(30(25)37)12-13-29-34(5)21-24(20-23-10-8-9-11-27(23)38)31(39)33(3,4)28(34)15-16-36(29,35)7/h8-11,20,25-26,28-31,39H,1,12-19,21H2,2-7H3,(H,40,41)/b24-20+/t25-,26+,28-,29+,30+,31-,34-,35+,36+,37-/m0/s1. The van der Waals surface area contributed by atoms with Gasteiger partial charge < -0.3 is 10.2 Å². The molecule has 0 aromatic heterocycles. The van der Waals surface area contributed by atoms with Crippen LogP contribution in [0.3, 0.4) is 0 Å². The molecule has 6 rings (SSSR count). The second kappa shape index (κ2) is 9.55. The van der Waals surface area contributed by atoms with E-state index in [0.29, 0.717) is 23.7 Å². The Bertz CT molecular complexity index is 1300. The highest BCUT2D eigenvalue weighted by molar-refractivity contribution is 9.10. The number of allylic oxidation sites excluding steroid dienone is 1. The van der Waals surface area contributed by atoms with Gasteiger partial charge in [0.1, 0.15) is 0 Å². The highest BCUT2D eigenvalue weighted by Crippen LogP contribution is 2.77. The molecular formula is C37H51BrO3. The molecule has 1 aromatic carbocycles. The van der Waals surface area contributed by atoms with E-state index in [4.69, 9.17) is 0 Å². The van der Waals surface area contributed by atoms with E-state index < -0.39 is 17.5 Å². The third-order valence-corrected chi connectivity index (χ3v) is 15.3. The number of fused-ring (bicyclic) bond motifs is 7. The Kier molecular flexibility index (Phi) is 6.91. The molecule has 5 aliphatic rings. The van der Waals surface area contributed by atoms with Gasteiger partial charge in [-0.15, -0.1) is 0 Å². The lowest BCUT2D eigenvalue weighted by atomic mass is 9.32. The lowest BCUT2D eigenvalue weighted by Gasteiger charge is -2.72. The Hall–Kier alpha value is -1.39. The molecule has 5 aliphatic carbocycles. The summed E-state index contributed by atoms with van der Waals surface area (Å²) in [7, 11) is 0. The minimum absolute atomic E-state index is 0.0849. The van der Waals surface area contributed by atoms with Gasteiger partial charge in [0.2, 0.25) is 0 Å². The maximum absolute atomic E-state index is 13.0. The lowest BCUT2D eigenvalue weighted by Crippen LogP contribution is -2.67. The summed E-state index contributed by atoms with van der Waals surface area (Å²) in [6.07, 6.45) is 10.9. The molecule has 5 fully saturated rings. The SMILES string of the molecule is C=C(C)[C@@H]1CC[C@]2(C(=O)O)CC[C@]3(C)[C@H](CC[C@@H]4[C@@]5(C)C/C(=C\c6ccccc6Br)[C@H](O)C(C)(C)[C@@H]5CC[C@]43C)[C@@H]12. The summed E-state index contributed by atoms with van der Waals surface area (Å²) in [4.78, 5) is 13.0. The van der Waals surface area contributed by atoms with E-state index in [1.165, 1.54) is 17.6 Å². The van der Waals surface area contributed by atoms with Crippen molar-refractivity contribution in [2.45, 2.75) is 105 Å². The topological polar surface area (TPSA) is 57.5 Å². The number of carboxylic acids is 1. The monoisotopic (exact) mass is 622 g/mol. The second-order valence-electron chi connectivity index (χ2n) is 16.3. The van der Waals surface area contributed by atoms with E-state index in [-0.39, 0.29) is 27.6 Å². The molecule has 224 valence electrons. The Morgan fingerprint density at radius 3 is 2.32 bits per heavy atom. The molecule has 0 bridgehead atoms. The number of rotatable bonds is 3. The summed E-state index contributed by atoms with van der Waals surface area (Å²) in [6.45, 7) is 18.9. The van der Waals surface area contributed by atoms with Gasteiger partial charge in [-0.3, -0.25) is 4.79 Å². The summed E-state index contributed by atoms with van der Waals surface area (Å²) < 4.78 is 1.07. The third-order valence-electron chi connectivity index (χ3n) is 14.5. The van der Waals surface area contributed by atoms with Crippen LogP contribution in [0.25, 0.3) is 6.08 Å². The van der Waals surface area contributed by atoms with Crippen LogP contribution in [0.5, 0.6) is 0 Å². The fraction of sp³-hybridized carbons (Fsp3) is 0.703.